The number of carbonyl (C=O) groups excluding carboxylic acids is 1. The Labute approximate surface area is 233 Å². The lowest BCUT2D eigenvalue weighted by atomic mass is 10.0. The van der Waals surface area contributed by atoms with E-state index in [1.54, 1.807) is 25.4 Å². The van der Waals surface area contributed by atoms with Crippen LogP contribution in [0.2, 0.25) is 0 Å². The summed E-state index contributed by atoms with van der Waals surface area (Å²) in [7, 11) is 5.71. The number of fused-ring (bicyclic) bond motifs is 1. The molecule has 0 radical (unpaired) electrons. The molecule has 0 atom stereocenters. The van der Waals surface area contributed by atoms with Crippen LogP contribution in [-0.2, 0) is 6.18 Å². The number of nitrogens with zero attached hydrogens (tertiary/aromatic N) is 4. The summed E-state index contributed by atoms with van der Waals surface area (Å²) < 4.78 is 41.2. The summed E-state index contributed by atoms with van der Waals surface area (Å²) in [6.45, 7) is 1.42. The van der Waals surface area contributed by atoms with Gasteiger partial charge in [-0.2, -0.15) is 13.2 Å². The maximum atomic E-state index is 13.5. The lowest BCUT2D eigenvalue weighted by Crippen LogP contribution is -2.25. The summed E-state index contributed by atoms with van der Waals surface area (Å²) in [5, 5.41) is 3.49. The van der Waals surface area contributed by atoms with Crippen LogP contribution in [0.1, 0.15) is 22.3 Å². The maximum Gasteiger partial charge on any atom is 0.416 e. The molecule has 204 valence electrons. The molecule has 3 aromatic carbocycles. The highest BCUT2D eigenvalue weighted by Gasteiger charge is 2.31. The third-order valence-corrected chi connectivity index (χ3v) is 6.63. The normalized spacial score (nSPS) is 11.7. The molecule has 0 aliphatic carbocycles. The molecule has 0 saturated heterocycles. The van der Waals surface area contributed by atoms with Crippen molar-refractivity contribution in [3.63, 3.8) is 0 Å². The molecular weight excluding hydrogens is 573 g/mol. The Balaban J connectivity index is 1.65. The van der Waals surface area contributed by atoms with Crippen LogP contribution in [0.3, 0.4) is 0 Å². The van der Waals surface area contributed by atoms with Gasteiger partial charge in [-0.05, 0) is 86.7 Å². The number of halogens is 4. The lowest BCUT2D eigenvalue weighted by molar-refractivity contribution is -0.137. The highest BCUT2D eigenvalue weighted by molar-refractivity contribution is 9.10. The summed E-state index contributed by atoms with van der Waals surface area (Å²) in [6, 6.07) is 14.1. The highest BCUT2D eigenvalue weighted by atomic mass is 79.9. The number of alkyl halides is 3. The molecule has 0 unspecified atom stereocenters. The fourth-order valence-corrected chi connectivity index (χ4v) is 4.69. The van der Waals surface area contributed by atoms with E-state index in [0.717, 1.165) is 41.6 Å². The second-order valence-electron chi connectivity index (χ2n) is 9.49. The van der Waals surface area contributed by atoms with Crippen molar-refractivity contribution >= 4 is 50.1 Å². The Morgan fingerprint density at radius 2 is 1.77 bits per heavy atom. The molecule has 1 amide bonds. The predicted molar refractivity (Wildman–Crippen MR) is 153 cm³/mol. The van der Waals surface area contributed by atoms with Crippen LogP contribution in [-0.4, -0.2) is 55.0 Å². The summed E-state index contributed by atoms with van der Waals surface area (Å²) in [4.78, 5) is 25.5. The second-order valence-corrected chi connectivity index (χ2v) is 10.4. The van der Waals surface area contributed by atoms with Gasteiger partial charge in [0.2, 0.25) is 5.95 Å². The van der Waals surface area contributed by atoms with Gasteiger partial charge in [0, 0.05) is 35.2 Å². The zero-order valence-electron chi connectivity index (χ0n) is 21.7. The number of hydrogen-bond acceptors (Lipinski definition) is 6. The molecule has 1 aromatic heterocycles. The first kappa shape index (κ1) is 28.3. The number of benzene rings is 3. The van der Waals surface area contributed by atoms with Gasteiger partial charge < -0.3 is 20.9 Å². The van der Waals surface area contributed by atoms with Crippen molar-refractivity contribution in [3.05, 3.63) is 76.4 Å². The summed E-state index contributed by atoms with van der Waals surface area (Å²) in [6.07, 6.45) is -2.12. The van der Waals surface area contributed by atoms with Gasteiger partial charge in [-0.3, -0.25) is 4.79 Å². The van der Waals surface area contributed by atoms with Crippen molar-refractivity contribution < 1.29 is 18.0 Å². The molecule has 0 bridgehead atoms. The van der Waals surface area contributed by atoms with E-state index in [-0.39, 0.29) is 17.2 Å². The average molecular weight is 601 g/mol. The average Bonchev–Trinajstić information content (AvgIpc) is 2.87. The molecule has 11 heteroatoms. The smallest absolute Gasteiger partial charge is 0.373 e. The molecule has 3 N–H and O–H groups in total. The Hall–Kier alpha value is -3.70. The topological polar surface area (TPSA) is 87.4 Å². The number of nitrogens with two attached hydrogens (primary N) is 1. The van der Waals surface area contributed by atoms with E-state index < -0.39 is 17.6 Å². The van der Waals surface area contributed by atoms with Crippen molar-refractivity contribution in [1.29, 1.82) is 0 Å². The first-order chi connectivity index (χ1) is 18.4. The molecule has 7 nitrogen and oxygen atoms in total. The molecular formula is C28H28BrF3N6O. The van der Waals surface area contributed by atoms with Crippen molar-refractivity contribution in [2.75, 3.05) is 50.2 Å². The van der Waals surface area contributed by atoms with Gasteiger partial charge in [-0.1, -0.05) is 22.0 Å². The number of nitrogen functional groups attached to an aromatic ring is 1. The van der Waals surface area contributed by atoms with Gasteiger partial charge in [0.25, 0.3) is 5.91 Å². The summed E-state index contributed by atoms with van der Waals surface area (Å²) >= 11 is 3.46. The van der Waals surface area contributed by atoms with Crippen LogP contribution in [0, 0.1) is 0 Å². The van der Waals surface area contributed by atoms with Crippen molar-refractivity contribution in [3.8, 4) is 11.1 Å². The van der Waals surface area contributed by atoms with Crippen molar-refractivity contribution in [2.45, 2.75) is 12.6 Å². The number of hydrogen-bond donors (Lipinski definition) is 2. The van der Waals surface area contributed by atoms with Crippen molar-refractivity contribution in [1.82, 2.24) is 14.9 Å². The van der Waals surface area contributed by atoms with Crippen LogP contribution in [0.25, 0.3) is 22.0 Å². The van der Waals surface area contributed by atoms with Crippen LogP contribution < -0.4 is 16.0 Å². The number of carbonyl (C=O) groups is 1. The molecule has 0 fully saturated rings. The van der Waals surface area contributed by atoms with Gasteiger partial charge in [0.1, 0.15) is 0 Å². The molecule has 0 spiro atoms. The Morgan fingerprint density at radius 1 is 1.00 bits per heavy atom. The number of rotatable bonds is 8. The monoisotopic (exact) mass is 600 g/mol. The predicted octanol–water partition coefficient (Wildman–Crippen LogP) is 6.30. The van der Waals surface area contributed by atoms with Gasteiger partial charge >= 0.3 is 6.18 Å². The zero-order chi connectivity index (χ0) is 28.3. The van der Waals surface area contributed by atoms with E-state index in [9.17, 15) is 18.0 Å². The third kappa shape index (κ3) is 7.04. The number of anilines is 3. The Kier molecular flexibility index (Phi) is 8.41. The van der Waals surface area contributed by atoms with E-state index >= 15 is 0 Å². The second kappa shape index (κ2) is 11.6. The minimum absolute atomic E-state index is 0.0872. The van der Waals surface area contributed by atoms with Crippen LogP contribution in [0.4, 0.5) is 30.5 Å². The summed E-state index contributed by atoms with van der Waals surface area (Å²) in [5.74, 6) is -0.356. The maximum absolute atomic E-state index is 13.5. The van der Waals surface area contributed by atoms with Gasteiger partial charge in [0.15, 0.2) is 0 Å². The minimum atomic E-state index is -4.55. The SMILES string of the molecule is CN(C)CCCN(C)c1ccc(C(F)(F)F)cc1NC(=O)c1cc(Br)cc(-c2ccc3nc(N)ncc3c2)c1. The molecule has 39 heavy (non-hydrogen) atoms. The van der Waals surface area contributed by atoms with E-state index in [0.29, 0.717) is 22.2 Å². The van der Waals surface area contributed by atoms with Crippen LogP contribution >= 0.6 is 15.9 Å². The van der Waals surface area contributed by atoms with Crippen LogP contribution in [0.5, 0.6) is 0 Å². The first-order valence-electron chi connectivity index (χ1n) is 12.1. The van der Waals surface area contributed by atoms with E-state index in [1.165, 1.54) is 6.07 Å². The first-order valence-corrected chi connectivity index (χ1v) is 12.9. The number of amides is 1. The van der Waals surface area contributed by atoms with E-state index in [4.69, 9.17) is 5.73 Å². The lowest BCUT2D eigenvalue weighted by Gasteiger charge is -2.24. The molecule has 4 rings (SSSR count). The Morgan fingerprint density at radius 3 is 2.49 bits per heavy atom. The van der Waals surface area contributed by atoms with E-state index in [2.05, 4.69) is 31.2 Å². The Bertz CT molecular complexity index is 1510. The molecule has 4 aromatic rings. The molecule has 0 aliphatic rings. The van der Waals surface area contributed by atoms with Gasteiger partial charge in [-0.15, -0.1) is 0 Å². The van der Waals surface area contributed by atoms with Crippen molar-refractivity contribution in [2.24, 2.45) is 0 Å². The molecule has 0 aliphatic heterocycles. The largest absolute Gasteiger partial charge is 0.416 e. The van der Waals surface area contributed by atoms with E-state index in [1.807, 2.05) is 48.2 Å². The quantitative estimate of drug-likeness (QED) is 0.247. The number of nitrogens with one attached hydrogen (secondary N) is 1. The van der Waals surface area contributed by atoms with Gasteiger partial charge in [0.05, 0.1) is 22.5 Å². The van der Waals surface area contributed by atoms with Crippen LogP contribution in [0.15, 0.2) is 65.3 Å². The number of aromatic nitrogens is 2. The molecule has 0 saturated carbocycles. The highest BCUT2D eigenvalue weighted by Crippen LogP contribution is 2.36. The third-order valence-electron chi connectivity index (χ3n) is 6.17. The fourth-order valence-electron chi connectivity index (χ4n) is 4.20. The zero-order valence-corrected chi connectivity index (χ0v) is 23.3. The fraction of sp³-hybridized carbons (Fsp3) is 0.250. The molecule has 1 heterocycles. The summed E-state index contributed by atoms with van der Waals surface area (Å²) in [5.41, 5.74) is 7.93. The standard InChI is InChI=1S/C28H28BrF3N6O/c1-37(2)9-4-10-38(3)25-8-6-21(28(30,31)32)15-24(25)35-26(39)19-12-18(13-22(29)14-19)17-5-7-23-20(11-17)16-34-27(33)36-23/h5-8,11-16H,4,9-10H2,1-3H3,(H,35,39)(H2,33,34,36). The minimum Gasteiger partial charge on any atom is -0.373 e. The van der Waals surface area contributed by atoms with Gasteiger partial charge in [-0.25, -0.2) is 9.97 Å².